The number of anilines is 1. The van der Waals surface area contributed by atoms with Gasteiger partial charge in [0.05, 0.1) is 6.54 Å². The molecular formula is C9H10F3N3O4. The highest BCUT2D eigenvalue weighted by Gasteiger charge is 2.38. The molecule has 0 fully saturated rings. The third-order valence-electron chi connectivity index (χ3n) is 2.06. The SMILES string of the molecule is O=C(O)Cn1ccnc(NCC(O)C(F)(F)F)c1=O. The maximum Gasteiger partial charge on any atom is 0.416 e. The molecule has 0 bridgehead atoms. The first-order chi connectivity index (χ1) is 8.71. The van der Waals surface area contributed by atoms with Gasteiger partial charge in [-0.3, -0.25) is 14.2 Å². The van der Waals surface area contributed by atoms with Crippen LogP contribution in [-0.2, 0) is 11.3 Å². The summed E-state index contributed by atoms with van der Waals surface area (Å²) < 4.78 is 36.9. The normalized spacial score (nSPS) is 13.1. The second kappa shape index (κ2) is 5.69. The number of nitrogens with zero attached hydrogens (tertiary/aromatic N) is 2. The molecule has 3 N–H and O–H groups in total. The number of halogens is 3. The van der Waals surface area contributed by atoms with Crippen LogP contribution in [0.3, 0.4) is 0 Å². The molecule has 7 nitrogen and oxygen atoms in total. The Hall–Kier alpha value is -2.10. The smallest absolute Gasteiger partial charge is 0.416 e. The van der Waals surface area contributed by atoms with Crippen molar-refractivity contribution in [3.8, 4) is 0 Å². The maximum absolute atomic E-state index is 12.0. The van der Waals surface area contributed by atoms with E-state index >= 15 is 0 Å². The zero-order chi connectivity index (χ0) is 14.6. The molecule has 0 saturated heterocycles. The predicted octanol–water partition coefficient (Wildman–Crippen LogP) is -0.337. The molecule has 0 saturated carbocycles. The zero-order valence-corrected chi connectivity index (χ0v) is 9.39. The van der Waals surface area contributed by atoms with Crippen molar-refractivity contribution in [2.45, 2.75) is 18.8 Å². The van der Waals surface area contributed by atoms with E-state index in [1.807, 2.05) is 5.32 Å². The van der Waals surface area contributed by atoms with Gasteiger partial charge in [-0.25, -0.2) is 4.98 Å². The van der Waals surface area contributed by atoms with E-state index in [2.05, 4.69) is 4.98 Å². The van der Waals surface area contributed by atoms with Crippen LogP contribution in [0.1, 0.15) is 0 Å². The molecule has 1 rings (SSSR count). The summed E-state index contributed by atoms with van der Waals surface area (Å²) in [5, 5.41) is 19.3. The molecule has 1 aromatic heterocycles. The van der Waals surface area contributed by atoms with Gasteiger partial charge in [-0.15, -0.1) is 0 Å². The van der Waals surface area contributed by atoms with Crippen LogP contribution in [0.25, 0.3) is 0 Å². The fraction of sp³-hybridized carbons (Fsp3) is 0.444. The Morgan fingerprint density at radius 2 is 2.16 bits per heavy atom. The first-order valence-corrected chi connectivity index (χ1v) is 4.97. The molecule has 106 valence electrons. The number of rotatable bonds is 5. The standard InChI is InChI=1S/C9H10F3N3O4/c10-9(11,12)5(16)3-14-7-8(19)15(2-1-13-7)4-6(17)18/h1-2,5,16H,3-4H2,(H,13,14)(H,17,18). The Morgan fingerprint density at radius 3 is 2.68 bits per heavy atom. The van der Waals surface area contributed by atoms with Crippen LogP contribution in [0.15, 0.2) is 17.2 Å². The Bertz CT molecular complexity index is 514. The summed E-state index contributed by atoms with van der Waals surface area (Å²) in [6.45, 7) is -1.60. The molecule has 0 amide bonds. The molecule has 1 unspecified atom stereocenters. The zero-order valence-electron chi connectivity index (χ0n) is 9.39. The number of aliphatic carboxylic acids is 1. The second-order valence-electron chi connectivity index (χ2n) is 3.54. The van der Waals surface area contributed by atoms with Gasteiger partial charge in [0, 0.05) is 12.4 Å². The van der Waals surface area contributed by atoms with E-state index in [9.17, 15) is 22.8 Å². The average molecular weight is 281 g/mol. The summed E-state index contributed by atoms with van der Waals surface area (Å²) >= 11 is 0. The molecule has 0 radical (unpaired) electrons. The molecule has 19 heavy (non-hydrogen) atoms. The Labute approximate surface area is 104 Å². The fourth-order valence-corrected chi connectivity index (χ4v) is 1.15. The lowest BCUT2D eigenvalue weighted by Gasteiger charge is -2.15. The Morgan fingerprint density at radius 1 is 1.53 bits per heavy atom. The summed E-state index contributed by atoms with van der Waals surface area (Å²) in [5.41, 5.74) is -0.890. The average Bonchev–Trinajstić information content (AvgIpc) is 2.28. The third kappa shape index (κ3) is 4.25. The summed E-state index contributed by atoms with van der Waals surface area (Å²) in [4.78, 5) is 25.5. The maximum atomic E-state index is 12.0. The minimum Gasteiger partial charge on any atom is -0.480 e. The van der Waals surface area contributed by atoms with Gasteiger partial charge in [0.2, 0.25) is 0 Å². The summed E-state index contributed by atoms with van der Waals surface area (Å²) in [5.74, 6) is -1.75. The molecule has 0 aliphatic carbocycles. The highest BCUT2D eigenvalue weighted by Crippen LogP contribution is 2.19. The number of carbonyl (C=O) groups is 1. The molecule has 10 heteroatoms. The second-order valence-corrected chi connectivity index (χ2v) is 3.54. The molecule has 1 atom stereocenters. The van der Waals surface area contributed by atoms with Crippen LogP contribution in [0, 0.1) is 0 Å². The topological polar surface area (TPSA) is 104 Å². The lowest BCUT2D eigenvalue weighted by Crippen LogP contribution is -2.37. The van der Waals surface area contributed by atoms with Crippen LogP contribution in [-0.4, -0.2) is 44.6 Å². The molecule has 0 aliphatic rings. The number of aromatic nitrogens is 2. The van der Waals surface area contributed by atoms with Crippen LogP contribution >= 0.6 is 0 Å². The lowest BCUT2D eigenvalue weighted by molar-refractivity contribution is -0.198. The van der Waals surface area contributed by atoms with E-state index < -0.39 is 42.7 Å². The highest BCUT2D eigenvalue weighted by atomic mass is 19.4. The van der Waals surface area contributed by atoms with E-state index in [1.54, 1.807) is 0 Å². The van der Waals surface area contributed by atoms with Crippen molar-refractivity contribution in [2.24, 2.45) is 0 Å². The van der Waals surface area contributed by atoms with Gasteiger partial charge >= 0.3 is 12.1 Å². The molecule has 1 heterocycles. The number of carboxylic acids is 1. The number of hydrogen-bond donors (Lipinski definition) is 3. The van der Waals surface area contributed by atoms with Crippen molar-refractivity contribution < 1.29 is 28.2 Å². The number of carboxylic acid groups (broad SMARTS) is 1. The van der Waals surface area contributed by atoms with Crippen molar-refractivity contribution in [1.82, 2.24) is 9.55 Å². The van der Waals surface area contributed by atoms with Crippen molar-refractivity contribution >= 4 is 11.8 Å². The van der Waals surface area contributed by atoms with E-state index in [4.69, 9.17) is 10.2 Å². The Balaban J connectivity index is 2.80. The van der Waals surface area contributed by atoms with Gasteiger partial charge in [-0.05, 0) is 0 Å². The first-order valence-electron chi connectivity index (χ1n) is 4.97. The number of nitrogens with one attached hydrogen (secondary N) is 1. The van der Waals surface area contributed by atoms with E-state index in [-0.39, 0.29) is 0 Å². The van der Waals surface area contributed by atoms with Gasteiger partial charge in [0.15, 0.2) is 11.9 Å². The molecule has 0 spiro atoms. The van der Waals surface area contributed by atoms with Crippen molar-refractivity contribution in [3.63, 3.8) is 0 Å². The number of aliphatic hydroxyl groups excluding tert-OH is 1. The number of hydrogen-bond acceptors (Lipinski definition) is 5. The van der Waals surface area contributed by atoms with E-state index in [0.29, 0.717) is 0 Å². The van der Waals surface area contributed by atoms with Crippen molar-refractivity contribution in [1.29, 1.82) is 0 Å². The first kappa shape index (κ1) is 15.0. The summed E-state index contributed by atoms with van der Waals surface area (Å²) in [7, 11) is 0. The molecule has 0 aromatic carbocycles. The monoisotopic (exact) mass is 281 g/mol. The summed E-state index contributed by atoms with van der Waals surface area (Å²) in [6, 6.07) is 0. The molecular weight excluding hydrogens is 271 g/mol. The van der Waals surface area contributed by atoms with Gasteiger partial charge in [0.25, 0.3) is 5.56 Å². The third-order valence-corrected chi connectivity index (χ3v) is 2.06. The fourth-order valence-electron chi connectivity index (χ4n) is 1.15. The van der Waals surface area contributed by atoms with Gasteiger partial charge in [0.1, 0.15) is 6.54 Å². The van der Waals surface area contributed by atoms with Gasteiger partial charge in [-0.2, -0.15) is 13.2 Å². The summed E-state index contributed by atoms with van der Waals surface area (Å²) in [6.07, 6.45) is -5.32. The molecule has 0 aliphatic heterocycles. The van der Waals surface area contributed by atoms with Crippen molar-refractivity contribution in [3.05, 3.63) is 22.7 Å². The van der Waals surface area contributed by atoms with E-state index in [0.717, 1.165) is 17.0 Å². The van der Waals surface area contributed by atoms with Crippen LogP contribution in [0.4, 0.5) is 19.0 Å². The van der Waals surface area contributed by atoms with Crippen LogP contribution in [0.2, 0.25) is 0 Å². The van der Waals surface area contributed by atoms with E-state index in [1.165, 1.54) is 0 Å². The quantitative estimate of drug-likeness (QED) is 0.682. The van der Waals surface area contributed by atoms with Crippen LogP contribution < -0.4 is 10.9 Å². The molecule has 1 aromatic rings. The van der Waals surface area contributed by atoms with Crippen molar-refractivity contribution in [2.75, 3.05) is 11.9 Å². The van der Waals surface area contributed by atoms with Crippen LogP contribution in [0.5, 0.6) is 0 Å². The Kier molecular flexibility index (Phi) is 4.48. The minimum absolute atomic E-state index is 0.466. The largest absolute Gasteiger partial charge is 0.480 e. The number of alkyl halides is 3. The predicted molar refractivity (Wildman–Crippen MR) is 56.7 cm³/mol. The van der Waals surface area contributed by atoms with Gasteiger partial charge in [-0.1, -0.05) is 0 Å². The highest BCUT2D eigenvalue weighted by molar-refractivity contribution is 5.66. The lowest BCUT2D eigenvalue weighted by atomic mass is 10.3. The minimum atomic E-state index is -4.82. The number of aliphatic hydroxyl groups is 1. The van der Waals surface area contributed by atoms with Gasteiger partial charge < -0.3 is 15.5 Å².